The summed E-state index contributed by atoms with van der Waals surface area (Å²) < 4.78 is 5.31. The second-order valence-corrected chi connectivity index (χ2v) is 8.56. The van der Waals surface area contributed by atoms with E-state index in [1.54, 1.807) is 7.11 Å². The zero-order valence-corrected chi connectivity index (χ0v) is 17.6. The molecule has 1 saturated carbocycles. The Morgan fingerprint density at radius 1 is 1.03 bits per heavy atom. The minimum Gasteiger partial charge on any atom is -0.497 e. The number of rotatable bonds is 7. The van der Waals surface area contributed by atoms with Crippen LogP contribution in [0, 0.1) is 12.8 Å². The first-order valence-corrected chi connectivity index (χ1v) is 10.9. The molecule has 0 bridgehead atoms. The summed E-state index contributed by atoms with van der Waals surface area (Å²) in [5, 5.41) is 3.21. The van der Waals surface area contributed by atoms with Gasteiger partial charge in [0, 0.05) is 12.6 Å². The molecule has 1 saturated heterocycles. The van der Waals surface area contributed by atoms with Crippen LogP contribution in [0.3, 0.4) is 0 Å². The minimum absolute atomic E-state index is 0.104. The van der Waals surface area contributed by atoms with E-state index in [-0.39, 0.29) is 11.8 Å². The molecule has 0 aromatic heterocycles. The highest BCUT2D eigenvalue weighted by Gasteiger charge is 2.36. The number of hydrogen-bond donors (Lipinski definition) is 1. The van der Waals surface area contributed by atoms with Crippen LogP contribution in [-0.2, 0) is 11.3 Å². The highest BCUT2D eigenvalue weighted by atomic mass is 16.5. The van der Waals surface area contributed by atoms with Gasteiger partial charge in [0.15, 0.2) is 0 Å². The van der Waals surface area contributed by atoms with Crippen molar-refractivity contribution in [3.63, 3.8) is 0 Å². The number of carbonyl (C=O) groups excluding carboxylic acids is 1. The van der Waals surface area contributed by atoms with Crippen molar-refractivity contribution in [1.82, 2.24) is 10.2 Å². The summed E-state index contributed by atoms with van der Waals surface area (Å²) in [5.74, 6) is 1.25. The summed E-state index contributed by atoms with van der Waals surface area (Å²) in [5.41, 5.74) is 3.47. The van der Waals surface area contributed by atoms with Gasteiger partial charge in [0.1, 0.15) is 5.75 Å². The maximum Gasteiger partial charge on any atom is 0.228 e. The van der Waals surface area contributed by atoms with Gasteiger partial charge in [-0.05, 0) is 74.9 Å². The Morgan fingerprint density at radius 3 is 2.28 bits per heavy atom. The van der Waals surface area contributed by atoms with Crippen LogP contribution in [0.25, 0.3) is 0 Å². The van der Waals surface area contributed by atoms with E-state index in [1.807, 2.05) is 12.1 Å². The third kappa shape index (κ3) is 4.99. The van der Waals surface area contributed by atoms with E-state index in [1.165, 1.54) is 18.4 Å². The topological polar surface area (TPSA) is 41.6 Å². The molecule has 1 aliphatic heterocycles. The fourth-order valence-corrected chi connectivity index (χ4v) is 4.51. The van der Waals surface area contributed by atoms with Crippen molar-refractivity contribution < 1.29 is 9.53 Å². The number of piperidine rings is 1. The number of nitrogens with zero attached hydrogens (tertiary/aromatic N) is 1. The molecule has 4 rings (SSSR count). The Labute approximate surface area is 174 Å². The van der Waals surface area contributed by atoms with Crippen molar-refractivity contribution in [2.24, 2.45) is 5.92 Å². The van der Waals surface area contributed by atoms with Crippen LogP contribution in [0.1, 0.15) is 48.3 Å². The van der Waals surface area contributed by atoms with Crippen molar-refractivity contribution in [1.29, 1.82) is 0 Å². The van der Waals surface area contributed by atoms with E-state index in [0.29, 0.717) is 12.5 Å². The molecule has 0 spiro atoms. The first kappa shape index (κ1) is 20.0. The SMILES string of the molecule is COc1ccc(C(C(=O)NCc2ccc(C)cc2)C2CCN(C3CC3)CC2)cc1. The number of amides is 1. The summed E-state index contributed by atoms with van der Waals surface area (Å²) >= 11 is 0. The molecule has 1 N–H and O–H groups in total. The van der Waals surface area contributed by atoms with Crippen molar-refractivity contribution in [3.05, 3.63) is 65.2 Å². The van der Waals surface area contributed by atoms with E-state index < -0.39 is 0 Å². The van der Waals surface area contributed by atoms with Gasteiger partial charge in [0.25, 0.3) is 0 Å². The number of ether oxygens (including phenoxy) is 1. The van der Waals surface area contributed by atoms with Crippen LogP contribution in [0.4, 0.5) is 0 Å². The Bertz CT molecular complexity index is 804. The second-order valence-electron chi connectivity index (χ2n) is 8.56. The first-order chi connectivity index (χ1) is 14.1. The van der Waals surface area contributed by atoms with Crippen LogP contribution in [-0.4, -0.2) is 37.0 Å². The van der Waals surface area contributed by atoms with E-state index in [0.717, 1.165) is 48.8 Å². The number of carbonyl (C=O) groups is 1. The quantitative estimate of drug-likeness (QED) is 0.765. The van der Waals surface area contributed by atoms with Gasteiger partial charge in [-0.1, -0.05) is 42.0 Å². The highest BCUT2D eigenvalue weighted by Crippen LogP contribution is 2.37. The summed E-state index contributed by atoms with van der Waals surface area (Å²) in [6.45, 7) is 4.89. The fourth-order valence-electron chi connectivity index (χ4n) is 4.51. The van der Waals surface area contributed by atoms with E-state index in [4.69, 9.17) is 4.74 Å². The zero-order chi connectivity index (χ0) is 20.2. The van der Waals surface area contributed by atoms with Crippen molar-refractivity contribution in [2.75, 3.05) is 20.2 Å². The number of benzene rings is 2. The van der Waals surface area contributed by atoms with E-state index in [2.05, 4.69) is 53.5 Å². The van der Waals surface area contributed by atoms with Gasteiger partial charge in [0.05, 0.1) is 13.0 Å². The molecule has 1 amide bonds. The maximum absolute atomic E-state index is 13.3. The van der Waals surface area contributed by atoms with Crippen LogP contribution < -0.4 is 10.1 Å². The molecule has 1 atom stereocenters. The molecule has 4 nitrogen and oxygen atoms in total. The highest BCUT2D eigenvalue weighted by molar-refractivity contribution is 5.84. The summed E-state index contributed by atoms with van der Waals surface area (Å²) in [4.78, 5) is 15.9. The minimum atomic E-state index is -0.104. The molecule has 154 valence electrons. The smallest absolute Gasteiger partial charge is 0.228 e. The lowest BCUT2D eigenvalue weighted by Crippen LogP contribution is -2.41. The molecule has 2 aromatic rings. The third-order valence-corrected chi connectivity index (χ3v) is 6.45. The van der Waals surface area contributed by atoms with Gasteiger partial charge < -0.3 is 15.0 Å². The van der Waals surface area contributed by atoms with Crippen LogP contribution in [0.15, 0.2) is 48.5 Å². The van der Waals surface area contributed by atoms with Gasteiger partial charge in [-0.2, -0.15) is 0 Å². The van der Waals surface area contributed by atoms with Crippen LogP contribution in [0.5, 0.6) is 5.75 Å². The van der Waals surface area contributed by atoms with E-state index in [9.17, 15) is 4.79 Å². The zero-order valence-electron chi connectivity index (χ0n) is 17.6. The maximum atomic E-state index is 13.3. The molecule has 4 heteroatoms. The molecule has 1 aliphatic carbocycles. The number of likely N-dealkylation sites (tertiary alicyclic amines) is 1. The van der Waals surface area contributed by atoms with E-state index >= 15 is 0 Å². The lowest BCUT2D eigenvalue weighted by Gasteiger charge is -2.36. The lowest BCUT2D eigenvalue weighted by atomic mass is 9.79. The molecule has 2 fully saturated rings. The van der Waals surface area contributed by atoms with Gasteiger partial charge in [-0.25, -0.2) is 0 Å². The molecule has 29 heavy (non-hydrogen) atoms. The average molecular weight is 393 g/mol. The Hall–Kier alpha value is -2.33. The normalized spacial score (nSPS) is 19.0. The first-order valence-electron chi connectivity index (χ1n) is 10.9. The van der Waals surface area contributed by atoms with Gasteiger partial charge in [-0.3, -0.25) is 4.79 Å². The van der Waals surface area contributed by atoms with Crippen LogP contribution in [0.2, 0.25) is 0 Å². The van der Waals surface area contributed by atoms with Crippen molar-refractivity contribution in [3.8, 4) is 5.75 Å². The molecular formula is C25H32N2O2. The van der Waals surface area contributed by atoms with Crippen LogP contribution >= 0.6 is 0 Å². The predicted molar refractivity (Wildman–Crippen MR) is 116 cm³/mol. The summed E-state index contributed by atoms with van der Waals surface area (Å²) in [6, 6.07) is 17.2. The average Bonchev–Trinajstić information content (AvgIpc) is 3.60. The monoisotopic (exact) mass is 392 g/mol. The summed E-state index contributed by atoms with van der Waals surface area (Å²) in [6.07, 6.45) is 4.88. The molecule has 1 heterocycles. The van der Waals surface area contributed by atoms with Gasteiger partial charge in [-0.15, -0.1) is 0 Å². The van der Waals surface area contributed by atoms with Crippen molar-refractivity contribution >= 4 is 5.91 Å². The second kappa shape index (κ2) is 9.00. The summed E-state index contributed by atoms with van der Waals surface area (Å²) in [7, 11) is 1.67. The Morgan fingerprint density at radius 2 is 1.69 bits per heavy atom. The molecule has 1 unspecified atom stereocenters. The number of nitrogens with one attached hydrogen (secondary N) is 1. The number of hydrogen-bond acceptors (Lipinski definition) is 3. The standard InChI is InChI=1S/C25H32N2O2/c1-18-3-5-19(6-4-18)17-26-25(28)24(20-7-11-23(29-2)12-8-20)21-13-15-27(16-14-21)22-9-10-22/h3-8,11-12,21-22,24H,9-10,13-17H2,1-2H3,(H,26,28). The van der Waals surface area contributed by atoms with Gasteiger partial charge in [0.2, 0.25) is 5.91 Å². The Balaban J connectivity index is 1.47. The van der Waals surface area contributed by atoms with Crippen molar-refractivity contribution in [2.45, 2.75) is 51.1 Å². The molecular weight excluding hydrogens is 360 g/mol. The van der Waals surface area contributed by atoms with Gasteiger partial charge >= 0.3 is 0 Å². The fraction of sp³-hybridized carbons (Fsp3) is 0.480. The third-order valence-electron chi connectivity index (χ3n) is 6.45. The number of aryl methyl sites for hydroxylation is 1. The molecule has 0 radical (unpaired) electrons. The Kier molecular flexibility index (Phi) is 6.19. The lowest BCUT2D eigenvalue weighted by molar-refractivity contribution is -0.124. The largest absolute Gasteiger partial charge is 0.497 e. The predicted octanol–water partition coefficient (Wildman–Crippen LogP) is 4.28. The molecule has 2 aliphatic rings. The number of methoxy groups -OCH3 is 1. The molecule has 2 aromatic carbocycles.